The van der Waals surface area contributed by atoms with E-state index < -0.39 is 0 Å². The van der Waals surface area contributed by atoms with Crippen LogP contribution < -0.4 is 11.3 Å². The van der Waals surface area contributed by atoms with Crippen molar-refractivity contribution < 1.29 is 0 Å². The van der Waals surface area contributed by atoms with E-state index in [-0.39, 0.29) is 10.8 Å². The second kappa shape index (κ2) is 6.88. The Bertz CT molecular complexity index is 566. The van der Waals surface area contributed by atoms with E-state index >= 15 is 0 Å². The van der Waals surface area contributed by atoms with E-state index in [0.29, 0.717) is 11.7 Å². The molecule has 2 rings (SSSR count). The van der Waals surface area contributed by atoms with Crippen molar-refractivity contribution in [2.75, 3.05) is 6.54 Å². The van der Waals surface area contributed by atoms with E-state index in [0.717, 1.165) is 18.5 Å². The monoisotopic (exact) mass is 295 g/mol. The molecule has 0 aliphatic heterocycles. The van der Waals surface area contributed by atoms with Gasteiger partial charge in [0.1, 0.15) is 0 Å². The predicted molar refractivity (Wildman–Crippen MR) is 80.8 cm³/mol. The zero-order valence-corrected chi connectivity index (χ0v) is 12.4. The molecule has 0 aliphatic rings. The largest absolute Gasteiger partial charge is 0.329 e. The summed E-state index contributed by atoms with van der Waals surface area (Å²) < 4.78 is 0. The molecule has 0 spiro atoms. The molecular weight excluding hydrogens is 278 g/mol. The fraction of sp³-hybridized carbons (Fsp3) is 0.385. The first-order valence-electron chi connectivity index (χ1n) is 6.23. The van der Waals surface area contributed by atoms with Gasteiger partial charge in [0, 0.05) is 23.2 Å². The van der Waals surface area contributed by atoms with Gasteiger partial charge in [0.25, 0.3) is 5.56 Å². The number of thioether (sulfide) groups is 1. The smallest absolute Gasteiger partial charge is 0.251 e. The van der Waals surface area contributed by atoms with Crippen LogP contribution in [0.5, 0.6) is 0 Å². The van der Waals surface area contributed by atoms with Crippen LogP contribution in [0.2, 0.25) is 0 Å². The lowest BCUT2D eigenvalue weighted by atomic mass is 10.2. The number of H-pyrrole nitrogens is 1. The lowest BCUT2D eigenvalue weighted by Crippen LogP contribution is -2.13. The van der Waals surface area contributed by atoms with Crippen molar-refractivity contribution in [3.8, 4) is 0 Å². The zero-order valence-electron chi connectivity index (χ0n) is 10.8. The van der Waals surface area contributed by atoms with Gasteiger partial charge in [0.2, 0.25) is 0 Å². The molecule has 2 aromatic heterocycles. The van der Waals surface area contributed by atoms with Gasteiger partial charge < -0.3 is 10.7 Å². The Balaban J connectivity index is 2.19. The molecular formula is C13H17N3OS2. The van der Waals surface area contributed by atoms with E-state index in [9.17, 15) is 4.79 Å². The van der Waals surface area contributed by atoms with Crippen molar-refractivity contribution >= 4 is 23.1 Å². The van der Waals surface area contributed by atoms with Gasteiger partial charge in [-0.05, 0) is 17.9 Å². The Kier molecular flexibility index (Phi) is 5.18. The van der Waals surface area contributed by atoms with Crippen LogP contribution in [0.1, 0.15) is 29.2 Å². The van der Waals surface area contributed by atoms with E-state index in [1.165, 1.54) is 16.6 Å². The van der Waals surface area contributed by atoms with Gasteiger partial charge in [0.05, 0.1) is 5.25 Å². The van der Waals surface area contributed by atoms with Crippen molar-refractivity contribution in [2.24, 2.45) is 5.73 Å². The molecule has 2 heterocycles. The van der Waals surface area contributed by atoms with E-state index in [1.807, 2.05) is 11.4 Å². The number of aromatic amines is 1. The van der Waals surface area contributed by atoms with Crippen LogP contribution in [-0.4, -0.2) is 16.5 Å². The minimum atomic E-state index is -0.0945. The normalized spacial score (nSPS) is 12.5. The number of aromatic nitrogens is 2. The highest BCUT2D eigenvalue weighted by Gasteiger charge is 2.14. The van der Waals surface area contributed by atoms with Crippen LogP contribution in [0, 0.1) is 0 Å². The molecule has 2 aromatic rings. The van der Waals surface area contributed by atoms with Crippen LogP contribution in [0.4, 0.5) is 0 Å². The number of rotatable bonds is 6. The maximum atomic E-state index is 11.6. The number of hydrogen-bond acceptors (Lipinski definition) is 5. The summed E-state index contributed by atoms with van der Waals surface area (Å²) >= 11 is 3.19. The Labute approximate surface area is 120 Å². The van der Waals surface area contributed by atoms with Crippen LogP contribution in [-0.2, 0) is 6.42 Å². The molecule has 0 saturated heterocycles. The summed E-state index contributed by atoms with van der Waals surface area (Å²) in [5, 5.41) is 2.82. The summed E-state index contributed by atoms with van der Waals surface area (Å²) in [5.41, 5.74) is 6.56. The molecule has 0 saturated carbocycles. The number of nitrogens with two attached hydrogens (primary N) is 1. The van der Waals surface area contributed by atoms with Crippen molar-refractivity contribution in [3.63, 3.8) is 0 Å². The summed E-state index contributed by atoms with van der Waals surface area (Å²) in [6.07, 6.45) is 1.80. The molecule has 0 fully saturated rings. The fourth-order valence-corrected chi connectivity index (χ4v) is 3.68. The lowest BCUT2D eigenvalue weighted by molar-refractivity contribution is 0.811. The van der Waals surface area contributed by atoms with E-state index in [2.05, 4.69) is 23.0 Å². The highest BCUT2D eigenvalue weighted by Crippen LogP contribution is 2.34. The summed E-state index contributed by atoms with van der Waals surface area (Å²) in [5.74, 6) is 0. The third-order valence-electron chi connectivity index (χ3n) is 2.61. The van der Waals surface area contributed by atoms with Crippen molar-refractivity contribution in [1.82, 2.24) is 9.97 Å². The first kappa shape index (κ1) is 14.3. The van der Waals surface area contributed by atoms with E-state index in [1.54, 1.807) is 17.4 Å². The average Bonchev–Trinajstić information content (AvgIpc) is 2.89. The summed E-state index contributed by atoms with van der Waals surface area (Å²) in [6.45, 7) is 2.59. The molecule has 19 heavy (non-hydrogen) atoms. The highest BCUT2D eigenvalue weighted by molar-refractivity contribution is 7.99. The molecule has 3 N–H and O–H groups in total. The molecule has 0 radical (unpaired) electrons. The highest BCUT2D eigenvalue weighted by atomic mass is 32.2. The van der Waals surface area contributed by atoms with Crippen molar-refractivity contribution in [3.05, 3.63) is 44.5 Å². The van der Waals surface area contributed by atoms with Gasteiger partial charge in [-0.2, -0.15) is 0 Å². The second-order valence-electron chi connectivity index (χ2n) is 4.15. The average molecular weight is 295 g/mol. The Morgan fingerprint density at radius 3 is 3.05 bits per heavy atom. The maximum absolute atomic E-state index is 11.6. The Morgan fingerprint density at radius 2 is 2.42 bits per heavy atom. The molecule has 0 bridgehead atoms. The van der Waals surface area contributed by atoms with Gasteiger partial charge in [-0.3, -0.25) is 4.79 Å². The second-order valence-corrected chi connectivity index (χ2v) is 6.32. The quantitative estimate of drug-likeness (QED) is 0.634. The molecule has 1 unspecified atom stereocenters. The van der Waals surface area contributed by atoms with E-state index in [4.69, 9.17) is 5.73 Å². The van der Waals surface area contributed by atoms with Crippen molar-refractivity contribution in [1.29, 1.82) is 0 Å². The van der Waals surface area contributed by atoms with Gasteiger partial charge in [-0.1, -0.05) is 31.2 Å². The lowest BCUT2D eigenvalue weighted by Gasteiger charge is -2.12. The third-order valence-corrected chi connectivity index (χ3v) is 4.89. The SMILES string of the molecule is CCCc1cc(=O)[nH]c(SC(CN)c2cccs2)n1. The molecule has 1 atom stereocenters. The third kappa shape index (κ3) is 3.92. The van der Waals surface area contributed by atoms with Gasteiger partial charge in [-0.25, -0.2) is 4.98 Å². The Morgan fingerprint density at radius 1 is 1.58 bits per heavy atom. The number of nitrogens with zero attached hydrogens (tertiary/aromatic N) is 1. The van der Waals surface area contributed by atoms with Crippen LogP contribution >= 0.6 is 23.1 Å². The minimum Gasteiger partial charge on any atom is -0.329 e. The van der Waals surface area contributed by atoms with Crippen molar-refractivity contribution in [2.45, 2.75) is 30.2 Å². The molecule has 0 amide bonds. The zero-order chi connectivity index (χ0) is 13.7. The van der Waals surface area contributed by atoms with Crippen LogP contribution in [0.3, 0.4) is 0 Å². The molecule has 0 aromatic carbocycles. The summed E-state index contributed by atoms with van der Waals surface area (Å²) in [7, 11) is 0. The van der Waals surface area contributed by atoms with Gasteiger partial charge in [-0.15, -0.1) is 11.3 Å². The summed E-state index contributed by atoms with van der Waals surface area (Å²) in [4.78, 5) is 20.1. The molecule has 0 aliphatic carbocycles. The van der Waals surface area contributed by atoms with Gasteiger partial charge in [0.15, 0.2) is 5.16 Å². The number of aryl methyl sites for hydroxylation is 1. The standard InChI is InChI=1S/C13H17N3OS2/c1-2-4-9-7-12(17)16-13(15-9)19-11(8-14)10-5-3-6-18-10/h3,5-7,11H,2,4,8,14H2,1H3,(H,15,16,17). The molecule has 4 nitrogen and oxygen atoms in total. The van der Waals surface area contributed by atoms with Crippen LogP contribution in [0.25, 0.3) is 0 Å². The van der Waals surface area contributed by atoms with Crippen LogP contribution in [0.15, 0.2) is 33.5 Å². The molecule has 102 valence electrons. The van der Waals surface area contributed by atoms with Gasteiger partial charge >= 0.3 is 0 Å². The number of hydrogen-bond donors (Lipinski definition) is 2. The first-order chi connectivity index (χ1) is 9.22. The number of thiophene rings is 1. The predicted octanol–water partition coefficient (Wildman–Crippen LogP) is 2.58. The number of nitrogens with one attached hydrogen (secondary N) is 1. The topological polar surface area (TPSA) is 71.8 Å². The molecule has 6 heteroatoms. The maximum Gasteiger partial charge on any atom is 0.251 e. The first-order valence-corrected chi connectivity index (χ1v) is 7.99. The minimum absolute atomic E-state index is 0.0945. The Hall–Kier alpha value is -1.11. The summed E-state index contributed by atoms with van der Waals surface area (Å²) in [6, 6.07) is 5.63. The fourth-order valence-electron chi connectivity index (χ4n) is 1.76.